The molecular formula is C68H70F3N21. The van der Waals surface area contributed by atoms with Gasteiger partial charge in [-0.15, -0.1) is 30.6 Å². The van der Waals surface area contributed by atoms with E-state index in [9.17, 15) is 0 Å². The zero-order chi connectivity index (χ0) is 62.8. The first-order valence-corrected chi connectivity index (χ1v) is 31.8. The summed E-state index contributed by atoms with van der Waals surface area (Å²) in [5.41, 5.74) is 15.0. The summed E-state index contributed by atoms with van der Waals surface area (Å²) in [5, 5.41) is 51.9. The van der Waals surface area contributed by atoms with Gasteiger partial charge < -0.3 is 30.7 Å². The number of benzene rings is 3. The normalized spacial score (nSPS) is 18.0. The van der Waals surface area contributed by atoms with E-state index in [0.717, 1.165) is 166 Å². The molecule has 468 valence electrons. The summed E-state index contributed by atoms with van der Waals surface area (Å²) in [6.07, 6.45) is 11.5. The Kier molecular flexibility index (Phi) is 13.9. The Labute approximate surface area is 527 Å². The molecule has 0 aliphatic carbocycles. The van der Waals surface area contributed by atoms with Crippen molar-refractivity contribution in [1.29, 1.82) is 0 Å². The predicted octanol–water partition coefficient (Wildman–Crippen LogP) is 9.47. The minimum absolute atomic E-state index is 0.304. The second-order valence-corrected chi connectivity index (χ2v) is 26.9. The van der Waals surface area contributed by atoms with Gasteiger partial charge in [-0.1, -0.05) is 0 Å². The third-order valence-corrected chi connectivity index (χ3v) is 19.8. The first-order chi connectivity index (χ1) is 44.5. The molecule has 18 rings (SSSR count). The summed E-state index contributed by atoms with van der Waals surface area (Å²) in [5.74, 6) is 1.34. The Morgan fingerprint density at radius 1 is 0.380 bits per heavy atom. The number of nitrogens with zero attached hydrogens (tertiary/aromatic N) is 18. The van der Waals surface area contributed by atoms with Crippen LogP contribution in [0.25, 0.3) is 83.4 Å². The van der Waals surface area contributed by atoms with Gasteiger partial charge in [-0.2, -0.15) is 15.3 Å². The van der Waals surface area contributed by atoms with Crippen molar-refractivity contribution in [3.05, 3.63) is 143 Å². The van der Waals surface area contributed by atoms with Crippen molar-refractivity contribution in [2.45, 2.75) is 73.6 Å². The molecule has 24 heteroatoms. The van der Waals surface area contributed by atoms with Gasteiger partial charge in [0.2, 0.25) is 0 Å². The molecule has 0 amide bonds. The van der Waals surface area contributed by atoms with Gasteiger partial charge >= 0.3 is 0 Å². The Hall–Kier alpha value is -9.39. The molecule has 15 heterocycles. The number of rotatable bonds is 6. The highest BCUT2D eigenvalue weighted by Crippen LogP contribution is 2.41. The largest absolute Gasteiger partial charge is 0.355 e. The number of aromatic nitrogens is 15. The van der Waals surface area contributed by atoms with Crippen molar-refractivity contribution in [1.82, 2.24) is 90.3 Å². The lowest BCUT2D eigenvalue weighted by Crippen LogP contribution is -2.62. The summed E-state index contributed by atoms with van der Waals surface area (Å²) in [7, 11) is 0. The summed E-state index contributed by atoms with van der Waals surface area (Å²) in [6.45, 7) is 23.9. The number of hydrogen-bond acceptors (Lipinski definition) is 18. The van der Waals surface area contributed by atoms with Crippen LogP contribution in [-0.4, -0.2) is 153 Å². The molecule has 9 aromatic heterocycles. The van der Waals surface area contributed by atoms with Crippen LogP contribution in [0, 0.1) is 75.2 Å². The van der Waals surface area contributed by atoms with Crippen LogP contribution >= 0.6 is 0 Å². The third-order valence-electron chi connectivity index (χ3n) is 19.8. The topological polar surface area (TPSA) is 214 Å². The highest BCUT2D eigenvalue weighted by Gasteiger charge is 2.45. The van der Waals surface area contributed by atoms with Crippen LogP contribution in [0.5, 0.6) is 0 Å². The van der Waals surface area contributed by atoms with Crippen LogP contribution in [0.15, 0.2) is 91.4 Å². The van der Waals surface area contributed by atoms with Crippen LogP contribution < -0.4 is 30.7 Å². The van der Waals surface area contributed by atoms with E-state index in [2.05, 4.69) is 91.5 Å². The average molecular weight is 1240 g/mol. The highest BCUT2D eigenvalue weighted by atomic mass is 19.1. The van der Waals surface area contributed by atoms with Crippen LogP contribution in [0.2, 0.25) is 0 Å². The van der Waals surface area contributed by atoms with Crippen molar-refractivity contribution in [3.63, 3.8) is 0 Å². The van der Waals surface area contributed by atoms with Gasteiger partial charge in [-0.25, -0.2) is 41.7 Å². The maximum absolute atomic E-state index is 15.1. The Morgan fingerprint density at radius 3 is 1.13 bits per heavy atom. The Bertz CT molecular complexity index is 4910. The molecule has 6 fully saturated rings. The van der Waals surface area contributed by atoms with Gasteiger partial charge in [0.05, 0.1) is 69.3 Å². The summed E-state index contributed by atoms with van der Waals surface area (Å²) >= 11 is 0. The third kappa shape index (κ3) is 10.5. The lowest BCUT2D eigenvalue weighted by molar-refractivity contribution is 0.126. The summed E-state index contributed by atoms with van der Waals surface area (Å²) in [4.78, 5) is 20.1. The molecule has 3 N–H and O–H groups in total. The lowest BCUT2D eigenvalue weighted by atomic mass is 9.73. The lowest BCUT2D eigenvalue weighted by Gasteiger charge is -2.52. The molecule has 0 unspecified atom stereocenters. The fraction of sp³-hybridized carbons (Fsp3) is 0.382. The van der Waals surface area contributed by atoms with Crippen molar-refractivity contribution in [2.75, 3.05) is 93.2 Å². The van der Waals surface area contributed by atoms with Gasteiger partial charge in [-0.3, -0.25) is 0 Å². The molecular weight excluding hydrogens is 1170 g/mol. The molecule has 0 atom stereocenters. The molecule has 21 nitrogen and oxygen atoms in total. The van der Waals surface area contributed by atoms with Crippen LogP contribution in [0.1, 0.15) is 65.9 Å². The Morgan fingerprint density at radius 2 is 0.750 bits per heavy atom. The highest BCUT2D eigenvalue weighted by molar-refractivity contribution is 5.88. The fourth-order valence-electron chi connectivity index (χ4n) is 14.5. The van der Waals surface area contributed by atoms with Crippen LogP contribution in [-0.2, 0) is 0 Å². The standard InChI is InChI=1S/2C23H24FN7.C22H22FN7/c1-14-7-19(29-31-11-15(2)26-22(14)31)16-8-18(24)17-10-21(28-27-20(17)9-16)30-5-3-23(4-6-30)12-25-13-23;1-14-6-19(29-31-10-15(2)26-22(14)31)16-7-18(24)17-9-21(28-27-20(17)8-16)30-12-23(13-30)4-3-5-25-11-23;1-13-5-18(28-30-9-14(2)25-21(13)30)15-6-17(23)16-8-20(27-26-19(16)7-15)29-4-3-22(12-29)10-24-11-22/h7-11,25H,3-6,12-13H2,1-2H3;6-10,25H,3-5,11-13H2,1-2H3;5-9,24H,3-4,10-12H2,1-2H3. The maximum atomic E-state index is 15.1. The molecule has 92 heavy (non-hydrogen) atoms. The minimum Gasteiger partial charge on any atom is -0.355 e. The quantitative estimate of drug-likeness (QED) is 0.141. The number of aryl methyl sites for hydroxylation is 6. The van der Waals surface area contributed by atoms with Gasteiger partial charge in [0.25, 0.3) is 0 Å². The molecule has 6 aliphatic heterocycles. The molecule has 12 aromatic rings. The smallest absolute Gasteiger partial charge is 0.156 e. The zero-order valence-electron chi connectivity index (χ0n) is 52.4. The number of fused-ring (bicyclic) bond motifs is 6. The number of halogens is 3. The number of anilines is 3. The minimum atomic E-state index is -0.306. The van der Waals surface area contributed by atoms with Crippen molar-refractivity contribution in [3.8, 4) is 33.8 Å². The maximum Gasteiger partial charge on any atom is 0.156 e. The summed E-state index contributed by atoms with van der Waals surface area (Å²) in [6, 6.07) is 21.5. The van der Waals surface area contributed by atoms with E-state index in [1.54, 1.807) is 13.5 Å². The molecule has 6 aliphatic rings. The second kappa shape index (κ2) is 22.2. The number of nitrogens with one attached hydrogen (secondary N) is 3. The fourth-order valence-corrected chi connectivity index (χ4v) is 14.5. The number of piperidine rings is 2. The van der Waals surface area contributed by atoms with E-state index >= 15 is 13.2 Å². The molecule has 0 saturated carbocycles. The SMILES string of the molecule is Cc1cn2nc(-c3cc(F)c4cc(N5CC6(CCCNC6)C5)nnc4c3)cc(C)c2n1.Cc1cn2nc(-c3cc(F)c4cc(N5CCC6(CC5)CNC6)nnc4c3)cc(C)c2n1.Cc1cn2nc(-c3cc(F)c4cc(N5CCC6(CNC6)C5)nnc4c3)cc(C)c2n1. The van der Waals surface area contributed by atoms with E-state index in [4.69, 9.17) is 0 Å². The van der Waals surface area contributed by atoms with Gasteiger partial charge in [0.1, 0.15) is 17.5 Å². The van der Waals surface area contributed by atoms with Gasteiger partial charge in [-0.05, 0) is 175 Å². The molecule has 0 bridgehead atoms. The number of imidazole rings is 3. The van der Waals surface area contributed by atoms with E-state index < -0.39 is 0 Å². The van der Waals surface area contributed by atoms with E-state index in [-0.39, 0.29) is 17.5 Å². The molecule has 6 saturated heterocycles. The van der Waals surface area contributed by atoms with E-state index in [0.29, 0.717) is 82.7 Å². The average Bonchev–Trinajstić information content (AvgIpc) is 1.32. The van der Waals surface area contributed by atoms with Gasteiger partial charge in [0, 0.05) is 116 Å². The predicted molar refractivity (Wildman–Crippen MR) is 348 cm³/mol. The van der Waals surface area contributed by atoms with Crippen molar-refractivity contribution >= 4 is 67.1 Å². The molecule has 0 radical (unpaired) electrons. The molecule has 3 aromatic carbocycles. The first kappa shape index (κ1) is 57.7. The monoisotopic (exact) mass is 1240 g/mol. The second-order valence-electron chi connectivity index (χ2n) is 26.9. The zero-order valence-corrected chi connectivity index (χ0v) is 52.4. The van der Waals surface area contributed by atoms with E-state index in [1.807, 2.05) is 115 Å². The van der Waals surface area contributed by atoms with Crippen molar-refractivity contribution < 1.29 is 13.2 Å². The summed E-state index contributed by atoms with van der Waals surface area (Å²) < 4.78 is 50.6. The van der Waals surface area contributed by atoms with Crippen molar-refractivity contribution in [2.24, 2.45) is 16.2 Å². The van der Waals surface area contributed by atoms with Gasteiger partial charge in [0.15, 0.2) is 34.4 Å². The van der Waals surface area contributed by atoms with Crippen LogP contribution in [0.3, 0.4) is 0 Å². The van der Waals surface area contributed by atoms with Crippen LogP contribution in [0.4, 0.5) is 30.6 Å². The van der Waals surface area contributed by atoms with E-state index in [1.165, 1.54) is 31.0 Å². The Balaban J connectivity index is 0.000000110. The first-order valence-electron chi connectivity index (χ1n) is 31.8. The number of hydrogen-bond donors (Lipinski definition) is 3. The molecule has 3 spiro atoms.